The summed E-state index contributed by atoms with van der Waals surface area (Å²) in [6, 6.07) is 9.37. The van der Waals surface area contributed by atoms with Gasteiger partial charge in [-0.3, -0.25) is 0 Å². The molecule has 1 saturated carbocycles. The lowest BCUT2D eigenvalue weighted by atomic mass is 9.90. The molecule has 3 nitrogen and oxygen atoms in total. The predicted octanol–water partition coefficient (Wildman–Crippen LogP) is 3.29. The average molecular weight is 322 g/mol. The van der Waals surface area contributed by atoms with E-state index in [-0.39, 0.29) is 0 Å². The van der Waals surface area contributed by atoms with E-state index in [9.17, 15) is 0 Å². The standard InChI is InChI=1S/C15H20BrN3/c1-18-13-3-5-14(6-4-13)19(2)15-8-11(10-17)7-12(16)9-15/h7-9,13-14,18H,3-6H2,1-2H3. The van der Waals surface area contributed by atoms with Crippen LogP contribution in [0.3, 0.4) is 0 Å². The second kappa shape index (κ2) is 6.40. The van der Waals surface area contributed by atoms with Crippen molar-refractivity contribution in [1.29, 1.82) is 5.26 Å². The molecule has 1 aliphatic rings. The Kier molecular flexibility index (Phi) is 4.84. The molecule has 0 aliphatic heterocycles. The molecule has 0 amide bonds. The van der Waals surface area contributed by atoms with E-state index in [1.165, 1.54) is 25.7 Å². The Hall–Kier alpha value is -1.05. The molecule has 102 valence electrons. The van der Waals surface area contributed by atoms with Crippen LogP contribution in [0, 0.1) is 11.3 Å². The van der Waals surface area contributed by atoms with Gasteiger partial charge in [-0.1, -0.05) is 15.9 Å². The predicted molar refractivity (Wildman–Crippen MR) is 82.4 cm³/mol. The van der Waals surface area contributed by atoms with Crippen LogP contribution in [-0.2, 0) is 0 Å². The van der Waals surface area contributed by atoms with Crippen molar-refractivity contribution in [3.8, 4) is 6.07 Å². The SMILES string of the molecule is CNC1CCC(N(C)c2cc(Br)cc(C#N)c2)CC1. The van der Waals surface area contributed by atoms with E-state index in [4.69, 9.17) is 5.26 Å². The van der Waals surface area contributed by atoms with Gasteiger partial charge in [0.05, 0.1) is 11.6 Å². The molecule has 1 aromatic rings. The first-order chi connectivity index (χ1) is 9.13. The fraction of sp³-hybridized carbons (Fsp3) is 0.533. The number of hydrogen-bond donors (Lipinski definition) is 1. The number of nitrogens with zero attached hydrogens (tertiary/aromatic N) is 2. The number of nitriles is 1. The van der Waals surface area contributed by atoms with E-state index >= 15 is 0 Å². The molecule has 0 atom stereocenters. The Balaban J connectivity index is 2.10. The van der Waals surface area contributed by atoms with E-state index in [1.54, 1.807) is 0 Å². The molecule has 0 spiro atoms. The molecule has 2 rings (SSSR count). The molecule has 1 aliphatic carbocycles. The van der Waals surface area contributed by atoms with E-state index in [0.717, 1.165) is 10.2 Å². The van der Waals surface area contributed by atoms with Gasteiger partial charge in [0, 0.05) is 29.3 Å². The summed E-state index contributed by atoms with van der Waals surface area (Å²) in [6.07, 6.45) is 4.86. The van der Waals surface area contributed by atoms with E-state index < -0.39 is 0 Å². The Labute approximate surface area is 123 Å². The zero-order valence-electron chi connectivity index (χ0n) is 11.5. The Morgan fingerprint density at radius 3 is 2.53 bits per heavy atom. The molecule has 1 fully saturated rings. The first-order valence-corrected chi connectivity index (χ1v) is 7.54. The third-order valence-electron chi connectivity index (χ3n) is 4.07. The van der Waals surface area contributed by atoms with Gasteiger partial charge >= 0.3 is 0 Å². The van der Waals surface area contributed by atoms with Gasteiger partial charge in [0.2, 0.25) is 0 Å². The van der Waals surface area contributed by atoms with Crippen LogP contribution in [0.1, 0.15) is 31.2 Å². The van der Waals surface area contributed by atoms with Gasteiger partial charge in [-0.05, 0) is 50.9 Å². The van der Waals surface area contributed by atoms with Crippen LogP contribution in [0.2, 0.25) is 0 Å². The highest BCUT2D eigenvalue weighted by Crippen LogP contribution is 2.28. The zero-order valence-corrected chi connectivity index (χ0v) is 13.1. The molecular weight excluding hydrogens is 302 g/mol. The molecule has 0 bridgehead atoms. The third kappa shape index (κ3) is 3.49. The summed E-state index contributed by atoms with van der Waals surface area (Å²) in [5.74, 6) is 0. The molecule has 0 radical (unpaired) electrons. The van der Waals surface area contributed by atoms with Gasteiger partial charge in [-0.2, -0.15) is 5.26 Å². The van der Waals surface area contributed by atoms with E-state index in [1.807, 2.05) is 19.2 Å². The molecule has 1 N–H and O–H groups in total. The van der Waals surface area contributed by atoms with Gasteiger partial charge in [0.1, 0.15) is 0 Å². The number of halogens is 1. The van der Waals surface area contributed by atoms with Crippen molar-refractivity contribution in [2.45, 2.75) is 37.8 Å². The summed E-state index contributed by atoms with van der Waals surface area (Å²) in [4.78, 5) is 2.32. The topological polar surface area (TPSA) is 39.1 Å². The lowest BCUT2D eigenvalue weighted by Crippen LogP contribution is -2.39. The van der Waals surface area contributed by atoms with Crippen molar-refractivity contribution in [1.82, 2.24) is 5.32 Å². The molecule has 0 heterocycles. The minimum absolute atomic E-state index is 0.574. The number of benzene rings is 1. The smallest absolute Gasteiger partial charge is 0.0992 e. The maximum absolute atomic E-state index is 9.05. The number of nitrogens with one attached hydrogen (secondary N) is 1. The molecule has 0 saturated heterocycles. The molecule has 19 heavy (non-hydrogen) atoms. The summed E-state index contributed by atoms with van der Waals surface area (Å²) in [5.41, 5.74) is 1.83. The van der Waals surface area contributed by atoms with Crippen LogP contribution in [0.25, 0.3) is 0 Å². The molecule has 0 unspecified atom stereocenters. The Morgan fingerprint density at radius 1 is 1.26 bits per heavy atom. The monoisotopic (exact) mass is 321 g/mol. The van der Waals surface area contributed by atoms with E-state index in [0.29, 0.717) is 17.6 Å². The third-order valence-corrected chi connectivity index (χ3v) is 4.53. The van der Waals surface area contributed by atoms with Crippen molar-refractivity contribution >= 4 is 21.6 Å². The van der Waals surface area contributed by atoms with Crippen molar-refractivity contribution in [2.75, 3.05) is 19.0 Å². The van der Waals surface area contributed by atoms with Crippen LogP contribution in [0.5, 0.6) is 0 Å². The fourth-order valence-electron chi connectivity index (χ4n) is 2.80. The van der Waals surface area contributed by atoms with Gasteiger partial charge in [-0.25, -0.2) is 0 Å². The first kappa shape index (κ1) is 14.4. The van der Waals surface area contributed by atoms with Crippen LogP contribution in [0.15, 0.2) is 22.7 Å². The van der Waals surface area contributed by atoms with Crippen molar-refractivity contribution in [3.63, 3.8) is 0 Å². The highest BCUT2D eigenvalue weighted by molar-refractivity contribution is 9.10. The van der Waals surface area contributed by atoms with Crippen molar-refractivity contribution in [3.05, 3.63) is 28.2 Å². The van der Waals surface area contributed by atoms with Crippen LogP contribution in [0.4, 0.5) is 5.69 Å². The average Bonchev–Trinajstić information content (AvgIpc) is 2.46. The lowest BCUT2D eigenvalue weighted by Gasteiger charge is -2.36. The Bertz CT molecular complexity index is 473. The lowest BCUT2D eigenvalue weighted by molar-refractivity contribution is 0.351. The maximum atomic E-state index is 9.05. The first-order valence-electron chi connectivity index (χ1n) is 6.75. The molecular formula is C15H20BrN3. The van der Waals surface area contributed by atoms with Crippen LogP contribution < -0.4 is 10.2 Å². The zero-order chi connectivity index (χ0) is 13.8. The summed E-state index contributed by atoms with van der Waals surface area (Å²) in [6.45, 7) is 0. The summed E-state index contributed by atoms with van der Waals surface area (Å²) in [5, 5.41) is 12.4. The molecule has 4 heteroatoms. The quantitative estimate of drug-likeness (QED) is 0.928. The number of anilines is 1. The van der Waals surface area contributed by atoms with Gasteiger partial charge in [0.15, 0.2) is 0 Å². The highest BCUT2D eigenvalue weighted by atomic mass is 79.9. The van der Waals surface area contributed by atoms with Crippen LogP contribution >= 0.6 is 15.9 Å². The molecule has 0 aromatic heterocycles. The molecule has 1 aromatic carbocycles. The van der Waals surface area contributed by atoms with Crippen molar-refractivity contribution < 1.29 is 0 Å². The van der Waals surface area contributed by atoms with Crippen LogP contribution in [-0.4, -0.2) is 26.2 Å². The maximum Gasteiger partial charge on any atom is 0.0992 e. The summed E-state index contributed by atoms with van der Waals surface area (Å²) < 4.78 is 0.970. The second-order valence-corrected chi connectivity index (χ2v) is 6.13. The Morgan fingerprint density at radius 2 is 1.95 bits per heavy atom. The number of hydrogen-bond acceptors (Lipinski definition) is 3. The second-order valence-electron chi connectivity index (χ2n) is 5.21. The largest absolute Gasteiger partial charge is 0.372 e. The summed E-state index contributed by atoms with van der Waals surface area (Å²) in [7, 11) is 4.18. The highest BCUT2D eigenvalue weighted by Gasteiger charge is 2.23. The normalized spacial score (nSPS) is 22.8. The minimum Gasteiger partial charge on any atom is -0.372 e. The van der Waals surface area contributed by atoms with Gasteiger partial charge < -0.3 is 10.2 Å². The number of rotatable bonds is 3. The minimum atomic E-state index is 0.574. The van der Waals surface area contributed by atoms with Crippen molar-refractivity contribution in [2.24, 2.45) is 0 Å². The summed E-state index contributed by atoms with van der Waals surface area (Å²) >= 11 is 3.48. The van der Waals surface area contributed by atoms with Gasteiger partial charge in [0.25, 0.3) is 0 Å². The van der Waals surface area contributed by atoms with E-state index in [2.05, 4.69) is 45.3 Å². The fourth-order valence-corrected chi connectivity index (χ4v) is 3.29. The van der Waals surface area contributed by atoms with Gasteiger partial charge in [-0.15, -0.1) is 0 Å².